The topological polar surface area (TPSA) is 83.1 Å². The van der Waals surface area contributed by atoms with Crippen molar-refractivity contribution in [1.82, 2.24) is 20.9 Å². The minimum Gasteiger partial charge on any atom is -0.341 e. The summed E-state index contributed by atoms with van der Waals surface area (Å²) >= 11 is 0. The number of amides is 3. The molecule has 0 unspecified atom stereocenters. The summed E-state index contributed by atoms with van der Waals surface area (Å²) in [5, 5.41) is 7.85. The highest BCUT2D eigenvalue weighted by Gasteiger charge is 2.22. The molecule has 0 aliphatic heterocycles. The average Bonchev–Trinajstić information content (AvgIpc) is 2.60. The van der Waals surface area contributed by atoms with E-state index in [0.717, 1.165) is 11.3 Å². The van der Waals surface area contributed by atoms with Gasteiger partial charge in [0.25, 0.3) is 0 Å². The summed E-state index contributed by atoms with van der Waals surface area (Å²) in [6.45, 7) is 1.71. The van der Waals surface area contributed by atoms with Gasteiger partial charge in [-0.25, -0.2) is 4.79 Å². The zero-order valence-electron chi connectivity index (χ0n) is 13.1. The molecule has 6 nitrogen and oxygen atoms in total. The zero-order valence-corrected chi connectivity index (χ0v) is 13.1. The maximum atomic E-state index is 12.1. The highest BCUT2D eigenvalue weighted by Crippen LogP contribution is 2.20. The first-order valence-electron chi connectivity index (χ1n) is 7.36. The Morgan fingerprint density at radius 2 is 1.74 bits per heavy atom. The van der Waals surface area contributed by atoms with Gasteiger partial charge in [0.05, 0.1) is 17.8 Å². The van der Waals surface area contributed by atoms with Gasteiger partial charge in [-0.3, -0.25) is 20.4 Å². The van der Waals surface area contributed by atoms with Crippen LogP contribution in [0, 0.1) is 0 Å². The van der Waals surface area contributed by atoms with E-state index in [0.29, 0.717) is 0 Å². The number of pyridine rings is 1. The molecule has 0 aliphatic carbocycles. The lowest BCUT2D eigenvalue weighted by atomic mass is 10.0. The van der Waals surface area contributed by atoms with Crippen LogP contribution in [0.25, 0.3) is 0 Å². The fraction of sp³-hybridized carbons (Fsp3) is 0.235. The standard InChI is InChI=1S/C17H20N4O2/c1-12(16(22)21-17(23)18-2)20-15(13-8-4-3-5-9-13)14-10-6-7-11-19-14/h3-12,15,20H,1-2H3,(H2,18,21,22,23)/t12-,15+/m0/s1. The van der Waals surface area contributed by atoms with E-state index in [4.69, 9.17) is 0 Å². The summed E-state index contributed by atoms with van der Waals surface area (Å²) in [6.07, 6.45) is 1.71. The fourth-order valence-electron chi connectivity index (χ4n) is 2.15. The predicted molar refractivity (Wildman–Crippen MR) is 87.7 cm³/mol. The van der Waals surface area contributed by atoms with E-state index in [2.05, 4.69) is 20.9 Å². The molecular formula is C17H20N4O2. The molecule has 0 radical (unpaired) electrons. The molecule has 120 valence electrons. The summed E-state index contributed by atoms with van der Waals surface area (Å²) in [6, 6.07) is 14.0. The number of hydrogen-bond donors (Lipinski definition) is 3. The molecule has 0 saturated heterocycles. The minimum atomic E-state index is -0.570. The lowest BCUT2D eigenvalue weighted by molar-refractivity contribution is -0.121. The van der Waals surface area contributed by atoms with Crippen molar-refractivity contribution in [3.05, 3.63) is 66.0 Å². The van der Waals surface area contributed by atoms with Gasteiger partial charge in [-0.1, -0.05) is 36.4 Å². The van der Waals surface area contributed by atoms with Crippen molar-refractivity contribution in [2.24, 2.45) is 0 Å². The molecule has 1 aromatic carbocycles. The molecular weight excluding hydrogens is 292 g/mol. The molecule has 23 heavy (non-hydrogen) atoms. The number of rotatable bonds is 5. The Morgan fingerprint density at radius 1 is 1.04 bits per heavy atom. The van der Waals surface area contributed by atoms with Crippen molar-refractivity contribution in [1.29, 1.82) is 0 Å². The smallest absolute Gasteiger partial charge is 0.321 e. The van der Waals surface area contributed by atoms with Crippen LogP contribution in [0.1, 0.15) is 24.2 Å². The van der Waals surface area contributed by atoms with Crippen molar-refractivity contribution < 1.29 is 9.59 Å². The lowest BCUT2D eigenvalue weighted by Gasteiger charge is -2.22. The zero-order chi connectivity index (χ0) is 16.7. The third-order valence-electron chi connectivity index (χ3n) is 3.39. The van der Waals surface area contributed by atoms with Gasteiger partial charge in [-0.2, -0.15) is 0 Å². The molecule has 2 atom stereocenters. The van der Waals surface area contributed by atoms with Gasteiger partial charge in [0.15, 0.2) is 0 Å². The second-order valence-corrected chi connectivity index (χ2v) is 5.06. The molecule has 1 heterocycles. The maximum absolute atomic E-state index is 12.1. The molecule has 0 aliphatic rings. The van der Waals surface area contributed by atoms with Gasteiger partial charge in [0.1, 0.15) is 0 Å². The number of hydrogen-bond acceptors (Lipinski definition) is 4. The van der Waals surface area contributed by atoms with Gasteiger partial charge in [0.2, 0.25) is 5.91 Å². The number of nitrogens with zero attached hydrogens (tertiary/aromatic N) is 1. The Labute approximate surface area is 135 Å². The van der Waals surface area contributed by atoms with Gasteiger partial charge in [-0.15, -0.1) is 0 Å². The monoisotopic (exact) mass is 312 g/mol. The fourth-order valence-corrected chi connectivity index (χ4v) is 2.15. The van der Waals surface area contributed by atoms with Crippen LogP contribution >= 0.6 is 0 Å². The first-order chi connectivity index (χ1) is 11.1. The van der Waals surface area contributed by atoms with E-state index in [9.17, 15) is 9.59 Å². The van der Waals surface area contributed by atoms with Crippen LogP contribution in [0.4, 0.5) is 4.79 Å². The van der Waals surface area contributed by atoms with Crippen LogP contribution in [0.2, 0.25) is 0 Å². The number of aromatic nitrogens is 1. The Hall–Kier alpha value is -2.73. The van der Waals surface area contributed by atoms with Gasteiger partial charge in [-0.05, 0) is 24.6 Å². The van der Waals surface area contributed by atoms with Crippen molar-refractivity contribution in [2.75, 3.05) is 7.05 Å². The lowest BCUT2D eigenvalue weighted by Crippen LogP contribution is -2.48. The van der Waals surface area contributed by atoms with E-state index in [-0.39, 0.29) is 6.04 Å². The van der Waals surface area contributed by atoms with Gasteiger partial charge in [0, 0.05) is 13.2 Å². The van der Waals surface area contributed by atoms with E-state index in [1.165, 1.54) is 7.05 Å². The second-order valence-electron chi connectivity index (χ2n) is 5.06. The van der Waals surface area contributed by atoms with Crippen molar-refractivity contribution in [3.8, 4) is 0 Å². The predicted octanol–water partition coefficient (Wildman–Crippen LogP) is 1.60. The molecule has 3 amide bonds. The van der Waals surface area contributed by atoms with Crippen molar-refractivity contribution in [2.45, 2.75) is 19.0 Å². The molecule has 2 rings (SSSR count). The summed E-state index contributed by atoms with van der Waals surface area (Å²) in [4.78, 5) is 27.7. The summed E-state index contributed by atoms with van der Waals surface area (Å²) in [5.74, 6) is -0.402. The summed E-state index contributed by atoms with van der Waals surface area (Å²) in [7, 11) is 1.46. The molecule has 3 N–H and O–H groups in total. The van der Waals surface area contributed by atoms with Crippen LogP contribution < -0.4 is 16.0 Å². The number of carbonyl (C=O) groups is 2. The molecule has 0 fully saturated rings. The van der Waals surface area contributed by atoms with Crippen molar-refractivity contribution >= 4 is 11.9 Å². The molecule has 2 aromatic rings. The van der Waals surface area contributed by atoms with E-state index < -0.39 is 18.0 Å². The Morgan fingerprint density at radius 3 is 2.35 bits per heavy atom. The largest absolute Gasteiger partial charge is 0.341 e. The molecule has 6 heteroatoms. The SMILES string of the molecule is CNC(=O)NC(=O)[C@H](C)N[C@H](c1ccccc1)c1ccccn1. The molecule has 1 aromatic heterocycles. The first kappa shape index (κ1) is 16.6. The summed E-state index contributed by atoms with van der Waals surface area (Å²) < 4.78 is 0. The van der Waals surface area contributed by atoms with Gasteiger partial charge >= 0.3 is 6.03 Å². The van der Waals surface area contributed by atoms with Gasteiger partial charge < -0.3 is 5.32 Å². The van der Waals surface area contributed by atoms with E-state index in [1.807, 2.05) is 48.5 Å². The molecule has 0 saturated carbocycles. The Kier molecular flexibility index (Phi) is 5.82. The average molecular weight is 312 g/mol. The maximum Gasteiger partial charge on any atom is 0.321 e. The van der Waals surface area contributed by atoms with Crippen LogP contribution in [-0.2, 0) is 4.79 Å². The van der Waals surface area contributed by atoms with Crippen LogP contribution in [0.3, 0.4) is 0 Å². The highest BCUT2D eigenvalue weighted by molar-refractivity contribution is 5.96. The minimum absolute atomic E-state index is 0.247. The van der Waals surface area contributed by atoms with Crippen LogP contribution in [0.15, 0.2) is 54.7 Å². The third-order valence-corrected chi connectivity index (χ3v) is 3.39. The molecule has 0 spiro atoms. The molecule has 0 bridgehead atoms. The quantitative estimate of drug-likeness (QED) is 0.783. The number of imide groups is 1. The number of carbonyl (C=O) groups excluding carboxylic acids is 2. The Bertz CT molecular complexity index is 607. The van der Waals surface area contributed by atoms with Crippen LogP contribution in [0.5, 0.6) is 0 Å². The van der Waals surface area contributed by atoms with E-state index >= 15 is 0 Å². The normalized spacial score (nSPS) is 13.0. The second kappa shape index (κ2) is 8.05. The summed E-state index contributed by atoms with van der Waals surface area (Å²) in [5.41, 5.74) is 1.80. The number of urea groups is 1. The third kappa shape index (κ3) is 4.62. The Balaban J connectivity index is 2.19. The highest BCUT2D eigenvalue weighted by atomic mass is 16.2. The number of benzene rings is 1. The van der Waals surface area contributed by atoms with Crippen molar-refractivity contribution in [3.63, 3.8) is 0 Å². The first-order valence-corrected chi connectivity index (χ1v) is 7.36. The number of nitrogens with one attached hydrogen (secondary N) is 3. The van der Waals surface area contributed by atoms with E-state index in [1.54, 1.807) is 13.1 Å². The van der Waals surface area contributed by atoms with Crippen LogP contribution in [-0.4, -0.2) is 30.0 Å².